The van der Waals surface area contributed by atoms with Crippen LogP contribution >= 0.6 is 0 Å². The molecule has 2 heterocycles. The van der Waals surface area contributed by atoms with Gasteiger partial charge in [-0.15, -0.1) is 0 Å². The summed E-state index contributed by atoms with van der Waals surface area (Å²) < 4.78 is 62.0. The van der Waals surface area contributed by atoms with Gasteiger partial charge in [-0.05, 0) is 6.04 Å². The highest BCUT2D eigenvalue weighted by molar-refractivity contribution is 6.76. The Morgan fingerprint density at radius 2 is 0.800 bits per heavy atom. The number of rotatable bonds is 15. The molecule has 0 aromatic rings. The fraction of sp³-hybridized carbons (Fsp3) is 0.774. The molecule has 0 bridgehead atoms. The summed E-state index contributed by atoms with van der Waals surface area (Å²) in [7, 11) is -1.63. The summed E-state index contributed by atoms with van der Waals surface area (Å²) in [4.78, 5) is 84.9. The van der Waals surface area contributed by atoms with Gasteiger partial charge in [-0.25, -0.2) is 0 Å². The summed E-state index contributed by atoms with van der Waals surface area (Å²) >= 11 is 0. The van der Waals surface area contributed by atoms with E-state index in [1.54, 1.807) is 0 Å². The monoisotopic (exact) mass is 736 g/mol. The van der Waals surface area contributed by atoms with E-state index in [9.17, 15) is 33.6 Å². The third-order valence-electron chi connectivity index (χ3n) is 7.00. The molecule has 2 fully saturated rings. The SMILES string of the molecule is CC(=O)OC[C@H]1O[C@@H](OC[C@H]2O[C@@H](OCC[Si](C)(C)C)[C@H](OC(C)=O)[C@@H](OC(C)=O)[C@H]2OC(C)=O)[C@H](OC(C)=O)[C@@H](OC(C)=O)[C@H]1OC(C)=O. The van der Waals surface area contributed by atoms with Crippen molar-refractivity contribution in [2.24, 2.45) is 0 Å². The summed E-state index contributed by atoms with van der Waals surface area (Å²) in [6.07, 6.45) is -14.3. The Kier molecular flexibility index (Phi) is 16.2. The third kappa shape index (κ3) is 13.9. The maximum Gasteiger partial charge on any atom is 0.303 e. The zero-order chi connectivity index (χ0) is 37.9. The average Bonchev–Trinajstić information content (AvgIpc) is 2.94. The van der Waals surface area contributed by atoms with Crippen molar-refractivity contribution in [2.75, 3.05) is 19.8 Å². The fourth-order valence-corrected chi connectivity index (χ4v) is 5.85. The van der Waals surface area contributed by atoms with Gasteiger partial charge in [0.25, 0.3) is 0 Å². The number of esters is 7. The van der Waals surface area contributed by atoms with Gasteiger partial charge in [0.2, 0.25) is 0 Å². The molecule has 0 aromatic carbocycles. The van der Waals surface area contributed by atoms with Gasteiger partial charge in [-0.2, -0.15) is 0 Å². The Morgan fingerprint density at radius 1 is 0.460 bits per heavy atom. The van der Waals surface area contributed by atoms with Crippen molar-refractivity contribution in [1.29, 1.82) is 0 Å². The van der Waals surface area contributed by atoms with Gasteiger partial charge >= 0.3 is 41.8 Å². The van der Waals surface area contributed by atoms with Crippen molar-refractivity contribution >= 4 is 49.9 Å². The lowest BCUT2D eigenvalue weighted by atomic mass is 9.97. The van der Waals surface area contributed by atoms with Crippen LogP contribution in [-0.2, 0) is 85.7 Å². The van der Waals surface area contributed by atoms with Crippen LogP contribution in [0.4, 0.5) is 0 Å². The summed E-state index contributed by atoms with van der Waals surface area (Å²) in [6, 6.07) is 0.678. The van der Waals surface area contributed by atoms with Crippen molar-refractivity contribution < 1.29 is 85.7 Å². The largest absolute Gasteiger partial charge is 0.463 e. The van der Waals surface area contributed by atoms with E-state index < -0.39 is 124 Å². The van der Waals surface area contributed by atoms with E-state index in [2.05, 4.69) is 19.6 Å². The standard InChI is InChI=1S/C31H48O18Si/c1-15(32)40-13-22-24(42-16(2)33)27(45-19(5)36)29(47-21(7)38)31(49-22)41-14-23-25(43-17(3)34)26(44-18(4)35)28(46-20(6)37)30(48-23)39-11-12-50(8,9)10/h22-31H,11-14H2,1-10H3/t22-,23-,24+,25+,26+,27+,28-,29-,30-,31-/m1/s1. The van der Waals surface area contributed by atoms with E-state index in [-0.39, 0.29) is 6.61 Å². The highest BCUT2D eigenvalue weighted by Crippen LogP contribution is 2.33. The van der Waals surface area contributed by atoms with Gasteiger partial charge in [0, 0.05) is 63.1 Å². The Morgan fingerprint density at radius 3 is 1.16 bits per heavy atom. The Bertz CT molecular complexity index is 1230. The normalized spacial score (nSPS) is 29.5. The summed E-state index contributed by atoms with van der Waals surface area (Å²) in [5.74, 6) is -5.60. The minimum atomic E-state index is -1.63. The van der Waals surface area contributed by atoms with Crippen molar-refractivity contribution in [3.05, 3.63) is 0 Å². The van der Waals surface area contributed by atoms with Crippen LogP contribution in [0.5, 0.6) is 0 Å². The average molecular weight is 737 g/mol. The van der Waals surface area contributed by atoms with E-state index >= 15 is 0 Å². The first kappa shape index (κ1) is 42.5. The van der Waals surface area contributed by atoms with Crippen LogP contribution < -0.4 is 0 Å². The first-order chi connectivity index (χ1) is 23.2. The predicted molar refractivity (Wildman–Crippen MR) is 167 cm³/mol. The number of ether oxygens (including phenoxy) is 11. The Labute approximate surface area is 290 Å². The lowest BCUT2D eigenvalue weighted by Crippen LogP contribution is -2.65. The molecule has 0 spiro atoms. The molecule has 2 rings (SSSR count). The topological polar surface area (TPSA) is 221 Å². The Hall–Kier alpha value is -3.65. The van der Waals surface area contributed by atoms with Crippen LogP contribution in [0.3, 0.4) is 0 Å². The summed E-state index contributed by atoms with van der Waals surface area (Å²) in [5.41, 5.74) is 0. The maximum atomic E-state index is 12.3. The highest BCUT2D eigenvalue weighted by Gasteiger charge is 2.55. The number of carbonyl (C=O) groups excluding carboxylic acids is 7. The van der Waals surface area contributed by atoms with Gasteiger partial charge in [0.1, 0.15) is 18.8 Å². The number of hydrogen-bond acceptors (Lipinski definition) is 18. The highest BCUT2D eigenvalue weighted by atomic mass is 28.3. The lowest BCUT2D eigenvalue weighted by Gasteiger charge is -2.46. The first-order valence-electron chi connectivity index (χ1n) is 15.9. The smallest absolute Gasteiger partial charge is 0.303 e. The zero-order valence-corrected chi connectivity index (χ0v) is 31.0. The minimum absolute atomic E-state index is 0.177. The van der Waals surface area contributed by atoms with Crippen LogP contribution in [0.2, 0.25) is 25.7 Å². The molecule has 19 heteroatoms. The summed E-state index contributed by atoms with van der Waals surface area (Å²) in [6.45, 7) is 13.1. The molecule has 0 amide bonds. The van der Waals surface area contributed by atoms with Gasteiger partial charge in [0.05, 0.1) is 6.61 Å². The van der Waals surface area contributed by atoms with Gasteiger partial charge in [-0.3, -0.25) is 33.6 Å². The van der Waals surface area contributed by atoms with E-state index in [0.717, 1.165) is 48.5 Å². The van der Waals surface area contributed by atoms with Crippen LogP contribution in [-0.4, -0.2) is 131 Å². The molecule has 0 unspecified atom stereocenters. The van der Waals surface area contributed by atoms with Crippen LogP contribution in [0.15, 0.2) is 0 Å². The van der Waals surface area contributed by atoms with E-state index in [4.69, 9.17) is 52.1 Å². The van der Waals surface area contributed by atoms with Crippen LogP contribution in [0.1, 0.15) is 48.5 Å². The number of carbonyl (C=O) groups is 7. The second-order valence-corrected chi connectivity index (χ2v) is 18.5. The van der Waals surface area contributed by atoms with E-state index in [0.29, 0.717) is 6.04 Å². The Balaban J connectivity index is 2.57. The van der Waals surface area contributed by atoms with Crippen LogP contribution in [0.25, 0.3) is 0 Å². The molecule has 2 saturated heterocycles. The van der Waals surface area contributed by atoms with Crippen molar-refractivity contribution in [3.8, 4) is 0 Å². The number of hydrogen-bond donors (Lipinski definition) is 0. The molecule has 0 aliphatic carbocycles. The molecular formula is C31H48O18Si. The molecule has 50 heavy (non-hydrogen) atoms. The molecule has 0 saturated carbocycles. The van der Waals surface area contributed by atoms with E-state index in [1.807, 2.05) is 0 Å². The van der Waals surface area contributed by atoms with Gasteiger partial charge in [0.15, 0.2) is 49.2 Å². The predicted octanol–water partition coefficient (Wildman–Crippen LogP) is 0.961. The quantitative estimate of drug-likeness (QED) is 0.130. The fourth-order valence-electron chi connectivity index (χ4n) is 5.12. The minimum Gasteiger partial charge on any atom is -0.463 e. The molecule has 18 nitrogen and oxygen atoms in total. The molecule has 0 N–H and O–H groups in total. The van der Waals surface area contributed by atoms with Gasteiger partial charge in [-0.1, -0.05) is 19.6 Å². The van der Waals surface area contributed by atoms with Crippen molar-refractivity contribution in [1.82, 2.24) is 0 Å². The molecule has 0 aromatic heterocycles. The van der Waals surface area contributed by atoms with E-state index in [1.165, 1.54) is 0 Å². The molecule has 2 aliphatic heterocycles. The molecule has 284 valence electrons. The van der Waals surface area contributed by atoms with Crippen molar-refractivity contribution in [3.63, 3.8) is 0 Å². The molecular weight excluding hydrogens is 688 g/mol. The second kappa shape index (κ2) is 19.1. The zero-order valence-electron chi connectivity index (χ0n) is 30.0. The first-order valence-corrected chi connectivity index (χ1v) is 19.6. The lowest BCUT2D eigenvalue weighted by molar-refractivity contribution is -0.334. The maximum absolute atomic E-state index is 12.3. The molecule has 10 atom stereocenters. The van der Waals surface area contributed by atoms with Crippen LogP contribution in [0, 0.1) is 0 Å². The van der Waals surface area contributed by atoms with Gasteiger partial charge < -0.3 is 52.1 Å². The molecule has 0 radical (unpaired) electrons. The van der Waals surface area contributed by atoms with Crippen molar-refractivity contribution in [2.45, 2.75) is 136 Å². The second-order valence-electron chi connectivity index (χ2n) is 12.8. The molecule has 2 aliphatic rings. The third-order valence-corrected chi connectivity index (χ3v) is 8.71. The summed E-state index contributed by atoms with van der Waals surface area (Å²) in [5, 5.41) is 0.